The van der Waals surface area contributed by atoms with Crippen LogP contribution in [0.15, 0.2) is 106 Å². The first-order valence-corrected chi connectivity index (χ1v) is 14.3. The van der Waals surface area contributed by atoms with Crippen molar-refractivity contribution >= 4 is 46.0 Å². The van der Waals surface area contributed by atoms with Crippen LogP contribution in [0.1, 0.15) is 54.5 Å². The number of anilines is 3. The molecule has 2 aromatic heterocycles. The van der Waals surface area contributed by atoms with Crippen LogP contribution >= 0.6 is 0 Å². The van der Waals surface area contributed by atoms with Crippen LogP contribution in [0.3, 0.4) is 0 Å². The van der Waals surface area contributed by atoms with E-state index in [9.17, 15) is 0 Å². The number of aliphatic imine (C=N–C) groups is 1. The Labute approximate surface area is 240 Å². The van der Waals surface area contributed by atoms with Crippen LogP contribution in [0.4, 0.5) is 17.1 Å². The second-order valence-corrected chi connectivity index (χ2v) is 11.3. The highest BCUT2D eigenvalue weighted by Crippen LogP contribution is 2.45. The Balaban J connectivity index is 1.42. The Morgan fingerprint density at radius 1 is 0.951 bits per heavy atom. The molecule has 0 saturated heterocycles. The van der Waals surface area contributed by atoms with Crippen molar-refractivity contribution in [3.63, 3.8) is 0 Å². The van der Waals surface area contributed by atoms with Crippen LogP contribution in [-0.4, -0.2) is 23.0 Å². The predicted octanol–water partition coefficient (Wildman–Crippen LogP) is 8.43. The molecule has 0 aliphatic heterocycles. The standard InChI is InChI=1S/C36H34N4O/c1-24-13-12-19-27-29-23-36(2,40(25-14-6-4-7-15-25)26-16-8-5-9-17-26)22-21-30(29)39(33(24)27)35(38-3)34-32(37)28-18-10-11-20-31(28)41-34/h4-12,14-22,24H,13,23,37H2,1-3H3/b38-35+. The van der Waals surface area contributed by atoms with E-state index in [2.05, 4.69) is 108 Å². The van der Waals surface area contributed by atoms with Gasteiger partial charge in [0.15, 0.2) is 11.6 Å². The summed E-state index contributed by atoms with van der Waals surface area (Å²) in [5.74, 6) is 1.68. The Kier molecular flexibility index (Phi) is 5.97. The van der Waals surface area contributed by atoms with Gasteiger partial charge in [-0.25, -0.2) is 0 Å². The molecule has 7 rings (SSSR count). The molecule has 2 atom stereocenters. The summed E-state index contributed by atoms with van der Waals surface area (Å²) in [5, 5.41) is 0.913. The molecule has 0 bridgehead atoms. The predicted molar refractivity (Wildman–Crippen MR) is 171 cm³/mol. The molecule has 2 aliphatic rings. The summed E-state index contributed by atoms with van der Waals surface area (Å²) in [6.45, 7) is 4.63. The lowest BCUT2D eigenvalue weighted by Crippen LogP contribution is -2.45. The Bertz CT molecular complexity index is 1800. The number of hydrogen-bond acceptors (Lipinski definition) is 4. The first-order chi connectivity index (χ1) is 20.0. The second kappa shape index (κ2) is 9.70. The van der Waals surface area contributed by atoms with Gasteiger partial charge >= 0.3 is 0 Å². The number of para-hydroxylation sites is 3. The number of rotatable bonds is 4. The maximum absolute atomic E-state index is 6.69. The van der Waals surface area contributed by atoms with Gasteiger partial charge in [0.05, 0.1) is 16.9 Å². The molecule has 0 spiro atoms. The van der Waals surface area contributed by atoms with Crippen LogP contribution < -0.4 is 10.6 Å². The summed E-state index contributed by atoms with van der Waals surface area (Å²) >= 11 is 0. The minimum Gasteiger partial charge on any atom is -0.451 e. The molecule has 2 N–H and O–H groups in total. The normalized spacial score (nSPS) is 19.8. The highest BCUT2D eigenvalue weighted by atomic mass is 16.3. The maximum Gasteiger partial charge on any atom is 0.193 e. The topological polar surface area (TPSA) is 59.7 Å². The van der Waals surface area contributed by atoms with E-state index in [1.165, 1.54) is 16.8 Å². The van der Waals surface area contributed by atoms with Gasteiger partial charge < -0.3 is 15.1 Å². The first-order valence-electron chi connectivity index (χ1n) is 14.3. The zero-order valence-electron chi connectivity index (χ0n) is 23.7. The van der Waals surface area contributed by atoms with E-state index in [0.29, 0.717) is 17.4 Å². The minimum atomic E-state index is -0.300. The summed E-state index contributed by atoms with van der Waals surface area (Å²) in [6, 6.07) is 29.3. The molecule has 5 nitrogen and oxygen atoms in total. The number of hydrogen-bond donors (Lipinski definition) is 1. The van der Waals surface area contributed by atoms with Gasteiger partial charge in [-0.15, -0.1) is 0 Å². The number of fused-ring (bicyclic) bond motifs is 4. The van der Waals surface area contributed by atoms with E-state index in [-0.39, 0.29) is 5.54 Å². The fourth-order valence-corrected chi connectivity index (χ4v) is 6.70. The van der Waals surface area contributed by atoms with Gasteiger partial charge in [0.2, 0.25) is 0 Å². The Morgan fingerprint density at radius 2 is 1.61 bits per heavy atom. The monoisotopic (exact) mass is 538 g/mol. The van der Waals surface area contributed by atoms with Crippen LogP contribution in [0, 0.1) is 0 Å². The lowest BCUT2D eigenvalue weighted by atomic mass is 9.82. The van der Waals surface area contributed by atoms with Gasteiger partial charge in [-0.05, 0) is 66.9 Å². The molecule has 2 unspecified atom stereocenters. The number of benzene rings is 3. The Morgan fingerprint density at radius 3 is 2.27 bits per heavy atom. The van der Waals surface area contributed by atoms with E-state index in [0.717, 1.165) is 46.7 Å². The third kappa shape index (κ3) is 3.95. The van der Waals surface area contributed by atoms with Crippen molar-refractivity contribution in [1.82, 2.24) is 4.57 Å². The van der Waals surface area contributed by atoms with Crippen molar-refractivity contribution in [3.8, 4) is 0 Å². The summed E-state index contributed by atoms with van der Waals surface area (Å²) in [6.07, 6.45) is 11.0. The van der Waals surface area contributed by atoms with Crippen LogP contribution in [-0.2, 0) is 6.42 Å². The quantitative estimate of drug-likeness (QED) is 0.185. The van der Waals surface area contributed by atoms with E-state index < -0.39 is 0 Å². The van der Waals surface area contributed by atoms with Crippen molar-refractivity contribution in [3.05, 3.63) is 125 Å². The van der Waals surface area contributed by atoms with E-state index in [1.807, 2.05) is 31.3 Å². The van der Waals surface area contributed by atoms with Gasteiger partial charge in [0.1, 0.15) is 5.58 Å². The van der Waals surface area contributed by atoms with Crippen molar-refractivity contribution in [2.45, 2.75) is 38.1 Å². The fourth-order valence-electron chi connectivity index (χ4n) is 6.70. The average molecular weight is 539 g/mol. The lowest BCUT2D eigenvalue weighted by molar-refractivity contribution is 0.558. The highest BCUT2D eigenvalue weighted by molar-refractivity contribution is 6.10. The lowest BCUT2D eigenvalue weighted by Gasteiger charge is -2.43. The van der Waals surface area contributed by atoms with Gasteiger partial charge in [0, 0.05) is 41.8 Å². The number of furan rings is 1. The number of nitrogens with two attached hydrogens (primary N) is 1. The zero-order chi connectivity index (χ0) is 28.1. The fraction of sp³-hybridized carbons (Fsp3) is 0.194. The third-order valence-electron chi connectivity index (χ3n) is 8.57. The molecule has 2 heterocycles. The summed E-state index contributed by atoms with van der Waals surface area (Å²) in [7, 11) is 1.83. The highest BCUT2D eigenvalue weighted by Gasteiger charge is 2.39. The number of nitrogen functional groups attached to an aromatic ring is 1. The summed E-state index contributed by atoms with van der Waals surface area (Å²) < 4.78 is 8.66. The minimum absolute atomic E-state index is 0.300. The van der Waals surface area contributed by atoms with Crippen LogP contribution in [0.5, 0.6) is 0 Å². The first kappa shape index (κ1) is 25.2. The van der Waals surface area contributed by atoms with Crippen molar-refractivity contribution in [1.29, 1.82) is 0 Å². The molecule has 41 heavy (non-hydrogen) atoms. The summed E-state index contributed by atoms with van der Waals surface area (Å²) in [5.41, 5.74) is 15.1. The number of aromatic nitrogens is 1. The number of allylic oxidation sites excluding steroid dienone is 1. The largest absolute Gasteiger partial charge is 0.451 e. The van der Waals surface area contributed by atoms with Gasteiger partial charge in [-0.3, -0.25) is 9.56 Å². The van der Waals surface area contributed by atoms with Crippen LogP contribution in [0.25, 0.3) is 23.1 Å². The molecular formula is C36H34N4O. The van der Waals surface area contributed by atoms with E-state index in [1.54, 1.807) is 0 Å². The second-order valence-electron chi connectivity index (χ2n) is 11.3. The van der Waals surface area contributed by atoms with Crippen molar-refractivity contribution in [2.75, 3.05) is 17.7 Å². The molecule has 0 radical (unpaired) electrons. The molecule has 5 aromatic rings. The van der Waals surface area contributed by atoms with E-state index >= 15 is 0 Å². The van der Waals surface area contributed by atoms with E-state index in [4.69, 9.17) is 15.1 Å². The molecule has 3 aromatic carbocycles. The van der Waals surface area contributed by atoms with Gasteiger partial charge in [-0.1, -0.05) is 73.7 Å². The molecule has 204 valence electrons. The third-order valence-corrected chi connectivity index (χ3v) is 8.57. The number of nitrogens with zero attached hydrogens (tertiary/aromatic N) is 3. The van der Waals surface area contributed by atoms with Crippen molar-refractivity contribution in [2.24, 2.45) is 4.99 Å². The SMILES string of the molecule is C/N=C(\c1oc2ccccc2c1N)n1c2c(c3c1C(C)CC=C3)CC(C)(N(c1ccccc1)c1ccccc1)C=C2. The van der Waals surface area contributed by atoms with Crippen molar-refractivity contribution < 1.29 is 4.42 Å². The molecule has 0 fully saturated rings. The summed E-state index contributed by atoms with van der Waals surface area (Å²) in [4.78, 5) is 7.27. The smallest absolute Gasteiger partial charge is 0.193 e. The zero-order valence-corrected chi connectivity index (χ0v) is 23.7. The maximum atomic E-state index is 6.69. The molecule has 2 aliphatic carbocycles. The molecule has 0 amide bonds. The van der Waals surface area contributed by atoms with Gasteiger partial charge in [0.25, 0.3) is 0 Å². The Hall–Kier alpha value is -4.77. The molecule has 5 heteroatoms. The average Bonchev–Trinajstić information content (AvgIpc) is 3.50. The molecule has 0 saturated carbocycles. The molecular weight excluding hydrogens is 504 g/mol. The van der Waals surface area contributed by atoms with Gasteiger partial charge in [-0.2, -0.15) is 0 Å². The van der Waals surface area contributed by atoms with Crippen LogP contribution in [0.2, 0.25) is 0 Å².